The lowest BCUT2D eigenvalue weighted by atomic mass is 9.82. The van der Waals surface area contributed by atoms with Gasteiger partial charge in [0, 0.05) is 17.1 Å². The fraction of sp³-hybridized carbons (Fsp3) is 0.500. The lowest BCUT2D eigenvalue weighted by molar-refractivity contribution is 0.0375. The second kappa shape index (κ2) is 12.9. The molecule has 2 aromatic carbocycles. The Bertz CT molecular complexity index is 1110. The molecule has 0 N–H and O–H groups in total. The molecular formula is C32H38F4O. The van der Waals surface area contributed by atoms with Crippen LogP contribution in [0.15, 0.2) is 59.7 Å². The molecule has 5 heteroatoms. The zero-order chi connectivity index (χ0) is 26.4. The number of halogens is 4. The van der Waals surface area contributed by atoms with Gasteiger partial charge < -0.3 is 4.74 Å². The van der Waals surface area contributed by atoms with Crippen molar-refractivity contribution in [3.05, 3.63) is 82.5 Å². The normalized spacial score (nSPS) is 22.3. The van der Waals surface area contributed by atoms with Gasteiger partial charge in [0.25, 0.3) is 0 Å². The maximum Gasteiger partial charge on any atom is 0.166 e. The largest absolute Gasteiger partial charge is 0.373 e. The van der Waals surface area contributed by atoms with Gasteiger partial charge in [-0.3, -0.25) is 0 Å². The van der Waals surface area contributed by atoms with Crippen LogP contribution in [0.3, 0.4) is 0 Å². The molecule has 2 aliphatic rings. The quantitative estimate of drug-likeness (QED) is 0.287. The van der Waals surface area contributed by atoms with Crippen LogP contribution in [-0.2, 0) is 11.2 Å². The van der Waals surface area contributed by atoms with E-state index in [2.05, 4.69) is 6.92 Å². The Morgan fingerprint density at radius 1 is 0.838 bits per heavy atom. The number of hydrogen-bond donors (Lipinski definition) is 0. The fourth-order valence-corrected chi connectivity index (χ4v) is 5.62. The van der Waals surface area contributed by atoms with Crippen molar-refractivity contribution < 1.29 is 22.3 Å². The van der Waals surface area contributed by atoms with Crippen molar-refractivity contribution in [1.29, 1.82) is 0 Å². The lowest BCUT2D eigenvalue weighted by Crippen LogP contribution is -2.23. The van der Waals surface area contributed by atoms with Crippen molar-refractivity contribution in [1.82, 2.24) is 0 Å². The highest BCUT2D eigenvalue weighted by molar-refractivity contribution is 5.65. The Kier molecular flexibility index (Phi) is 9.64. The Labute approximate surface area is 218 Å². The van der Waals surface area contributed by atoms with Crippen LogP contribution in [0.4, 0.5) is 17.6 Å². The Hall–Kier alpha value is -2.40. The van der Waals surface area contributed by atoms with Crippen LogP contribution in [0.5, 0.6) is 0 Å². The molecule has 0 saturated heterocycles. The summed E-state index contributed by atoms with van der Waals surface area (Å²) in [6.45, 7) is 4.19. The molecule has 1 unspecified atom stereocenters. The average molecular weight is 515 g/mol. The third kappa shape index (κ3) is 6.54. The average Bonchev–Trinajstić information content (AvgIpc) is 2.92. The monoisotopic (exact) mass is 514 g/mol. The van der Waals surface area contributed by atoms with Crippen LogP contribution in [0.25, 0.3) is 11.1 Å². The molecule has 1 saturated carbocycles. The summed E-state index contributed by atoms with van der Waals surface area (Å²) in [4.78, 5) is 0. The predicted octanol–water partition coefficient (Wildman–Crippen LogP) is 9.91. The van der Waals surface area contributed by atoms with E-state index in [0.29, 0.717) is 55.2 Å². The maximum atomic E-state index is 15.1. The van der Waals surface area contributed by atoms with Gasteiger partial charge in [-0.2, -0.15) is 0 Å². The summed E-state index contributed by atoms with van der Waals surface area (Å²) in [5.74, 6) is -3.43. The summed E-state index contributed by atoms with van der Waals surface area (Å²) in [5.41, 5.74) is 2.83. The summed E-state index contributed by atoms with van der Waals surface area (Å²) < 4.78 is 65.0. The third-order valence-corrected chi connectivity index (χ3v) is 7.91. The van der Waals surface area contributed by atoms with E-state index in [1.165, 1.54) is 5.56 Å². The Morgan fingerprint density at radius 2 is 1.57 bits per heavy atom. The van der Waals surface area contributed by atoms with Crippen LogP contribution in [0, 0.1) is 17.6 Å². The molecule has 0 radical (unpaired) electrons. The number of rotatable bonds is 10. The molecule has 0 bridgehead atoms. The molecule has 0 aliphatic heterocycles. The first-order valence-electron chi connectivity index (χ1n) is 13.9. The smallest absolute Gasteiger partial charge is 0.166 e. The minimum atomic E-state index is -0.801. The second-order valence-electron chi connectivity index (χ2n) is 10.5. The number of hydrogen-bond acceptors (Lipinski definition) is 1. The molecule has 0 spiro atoms. The third-order valence-electron chi connectivity index (χ3n) is 7.91. The zero-order valence-electron chi connectivity index (χ0n) is 22.0. The Morgan fingerprint density at radius 3 is 2.24 bits per heavy atom. The fourth-order valence-electron chi connectivity index (χ4n) is 5.62. The second-order valence-corrected chi connectivity index (χ2v) is 10.5. The van der Waals surface area contributed by atoms with Crippen molar-refractivity contribution in [3.63, 3.8) is 0 Å². The maximum absolute atomic E-state index is 15.1. The molecule has 1 atom stereocenters. The van der Waals surface area contributed by atoms with Crippen LogP contribution < -0.4 is 0 Å². The van der Waals surface area contributed by atoms with E-state index < -0.39 is 23.3 Å². The number of unbranched alkanes of at least 4 members (excludes halogenated alkanes) is 1. The molecule has 4 rings (SSSR count). The van der Waals surface area contributed by atoms with Crippen molar-refractivity contribution in [3.8, 4) is 11.1 Å². The molecule has 0 amide bonds. The molecular weight excluding hydrogens is 476 g/mol. The summed E-state index contributed by atoms with van der Waals surface area (Å²) >= 11 is 0. The SMILES string of the molecule is CCCCC1CC=C(COC2CCC(c3ccc(-c4ccc(CCC)cc4)c(F)c3F)CC2)C(F)=C1F. The van der Waals surface area contributed by atoms with Gasteiger partial charge in [0.2, 0.25) is 0 Å². The summed E-state index contributed by atoms with van der Waals surface area (Å²) in [6, 6.07) is 11.0. The standard InChI is InChI=1S/C32H38F4O/c1-3-5-7-24-12-13-25(30(34)29(24)33)20-37-26-16-14-23(15-17-26)28-19-18-27(31(35)32(28)36)22-10-8-21(6-4-2)9-11-22/h8-11,13,18-19,23-24,26H,3-7,12,14-17,20H2,1-2H3. The van der Waals surface area contributed by atoms with Crippen LogP contribution in [0.1, 0.15) is 88.7 Å². The summed E-state index contributed by atoms with van der Waals surface area (Å²) in [7, 11) is 0. The highest BCUT2D eigenvalue weighted by atomic mass is 19.2. The molecule has 2 aliphatic carbocycles. The van der Waals surface area contributed by atoms with Gasteiger partial charge in [-0.1, -0.05) is 75.6 Å². The van der Waals surface area contributed by atoms with Crippen LogP contribution >= 0.6 is 0 Å². The minimum absolute atomic E-state index is 0.0455. The van der Waals surface area contributed by atoms with Gasteiger partial charge in [-0.25, -0.2) is 17.6 Å². The molecule has 37 heavy (non-hydrogen) atoms. The first-order valence-corrected chi connectivity index (χ1v) is 13.9. The van der Waals surface area contributed by atoms with E-state index in [1.54, 1.807) is 18.2 Å². The Balaban J connectivity index is 1.32. The van der Waals surface area contributed by atoms with E-state index >= 15 is 8.78 Å². The molecule has 1 nitrogen and oxygen atoms in total. The molecule has 0 aromatic heterocycles. The van der Waals surface area contributed by atoms with Crippen molar-refractivity contribution in [2.45, 2.75) is 90.1 Å². The van der Waals surface area contributed by atoms with Crippen LogP contribution in [0.2, 0.25) is 0 Å². The minimum Gasteiger partial charge on any atom is -0.373 e. The van der Waals surface area contributed by atoms with Crippen molar-refractivity contribution in [2.24, 2.45) is 5.92 Å². The highest BCUT2D eigenvalue weighted by Gasteiger charge is 2.29. The molecule has 0 heterocycles. The van der Waals surface area contributed by atoms with Gasteiger partial charge >= 0.3 is 0 Å². The van der Waals surface area contributed by atoms with Gasteiger partial charge in [0.1, 0.15) is 5.83 Å². The topological polar surface area (TPSA) is 9.23 Å². The van der Waals surface area contributed by atoms with E-state index in [9.17, 15) is 8.78 Å². The number of ether oxygens (including phenoxy) is 1. The number of allylic oxidation sites excluding steroid dienone is 2. The van der Waals surface area contributed by atoms with Gasteiger partial charge in [-0.05, 0) is 67.6 Å². The molecule has 1 fully saturated rings. The first kappa shape index (κ1) is 27.6. The predicted molar refractivity (Wildman–Crippen MR) is 142 cm³/mol. The van der Waals surface area contributed by atoms with Gasteiger partial charge in [0.15, 0.2) is 17.5 Å². The zero-order valence-corrected chi connectivity index (χ0v) is 22.0. The number of aryl methyl sites for hydroxylation is 1. The van der Waals surface area contributed by atoms with E-state index in [4.69, 9.17) is 4.74 Å². The summed E-state index contributed by atoms with van der Waals surface area (Å²) in [5, 5.41) is 0. The molecule has 2 aromatic rings. The first-order chi connectivity index (χ1) is 17.9. The van der Waals surface area contributed by atoms with Crippen LogP contribution in [-0.4, -0.2) is 12.7 Å². The van der Waals surface area contributed by atoms with E-state index in [0.717, 1.165) is 25.7 Å². The lowest BCUT2D eigenvalue weighted by Gasteiger charge is -2.30. The van der Waals surface area contributed by atoms with Gasteiger partial charge in [0.05, 0.1) is 12.7 Å². The highest BCUT2D eigenvalue weighted by Crippen LogP contribution is 2.39. The van der Waals surface area contributed by atoms with Gasteiger partial charge in [-0.15, -0.1) is 0 Å². The summed E-state index contributed by atoms with van der Waals surface area (Å²) in [6.07, 6.45) is 9.35. The van der Waals surface area contributed by atoms with Crippen molar-refractivity contribution in [2.75, 3.05) is 6.61 Å². The van der Waals surface area contributed by atoms with E-state index in [-0.39, 0.29) is 30.1 Å². The molecule has 200 valence electrons. The van der Waals surface area contributed by atoms with Crippen molar-refractivity contribution >= 4 is 0 Å². The van der Waals surface area contributed by atoms with E-state index in [1.807, 2.05) is 31.2 Å². The number of benzene rings is 2.